The van der Waals surface area contributed by atoms with Crippen molar-refractivity contribution < 1.29 is 40.1 Å². The predicted molar refractivity (Wildman–Crippen MR) is 140 cm³/mol. The summed E-state index contributed by atoms with van der Waals surface area (Å²) in [6.07, 6.45) is -0.294. The molecule has 2 amide bonds. The molecule has 0 spiro atoms. The molecule has 1 aromatic carbocycles. The molecule has 2 N–H and O–H groups in total. The van der Waals surface area contributed by atoms with Gasteiger partial charge >= 0.3 is 17.8 Å². The molecule has 0 atom stereocenters. The molecule has 0 aliphatic heterocycles. The zero-order chi connectivity index (χ0) is 31.9. The van der Waals surface area contributed by atoms with Crippen molar-refractivity contribution in [2.75, 3.05) is 26.9 Å². The number of amides is 2. The normalized spacial score (nSPS) is 12.3. The Balaban J connectivity index is 2.00. The molecule has 0 radical (unpaired) electrons. The van der Waals surface area contributed by atoms with Gasteiger partial charge < -0.3 is 29.3 Å². The lowest BCUT2D eigenvalue weighted by atomic mass is 10.0. The number of halogens is 1. The van der Waals surface area contributed by atoms with Gasteiger partial charge in [-0.3, -0.25) is 23.7 Å². The van der Waals surface area contributed by atoms with Crippen LogP contribution in [0.25, 0.3) is 0 Å². The Kier molecular flexibility index (Phi) is 9.38. The Morgan fingerprint density at radius 1 is 1.12 bits per heavy atom. The lowest BCUT2D eigenvalue weighted by molar-refractivity contribution is -0.135. The summed E-state index contributed by atoms with van der Waals surface area (Å²) in [5, 5.41) is 11.9. The first kappa shape index (κ1) is 28.0. The third-order valence-electron chi connectivity index (χ3n) is 5.43. The summed E-state index contributed by atoms with van der Waals surface area (Å²) in [7, 11) is 2.76. The van der Waals surface area contributed by atoms with Crippen LogP contribution in [0.15, 0.2) is 33.5 Å². The first-order chi connectivity index (χ1) is 20.2. The van der Waals surface area contributed by atoms with E-state index in [1.54, 1.807) is 0 Å². The molecule has 0 aliphatic carbocycles. The van der Waals surface area contributed by atoms with Crippen molar-refractivity contribution in [1.29, 1.82) is 0 Å². The van der Waals surface area contributed by atoms with Crippen LogP contribution in [-0.2, 0) is 33.4 Å². The molecule has 3 aromatic rings. The van der Waals surface area contributed by atoms with Gasteiger partial charge in [-0.25, -0.2) is 9.37 Å². The van der Waals surface area contributed by atoms with E-state index in [-0.39, 0.29) is 42.8 Å². The molecule has 0 unspecified atom stereocenters. The summed E-state index contributed by atoms with van der Waals surface area (Å²) in [5.74, 6) is -4.77. The average Bonchev–Trinajstić information content (AvgIpc) is 3.37. The van der Waals surface area contributed by atoms with Gasteiger partial charge in [0.15, 0.2) is 5.69 Å². The minimum absolute atomic E-state index is 0.0725. The van der Waals surface area contributed by atoms with Gasteiger partial charge in [-0.2, -0.15) is 0 Å². The number of ether oxygens (including phenoxy) is 3. The number of aromatic nitrogens is 4. The molecule has 0 saturated heterocycles. The molecule has 0 bridgehead atoms. The highest BCUT2D eigenvalue weighted by Gasteiger charge is 2.33. The van der Waals surface area contributed by atoms with E-state index in [1.165, 1.54) is 34.9 Å². The number of benzene rings is 1. The first-order valence-corrected chi connectivity index (χ1v) is 12.3. The van der Waals surface area contributed by atoms with Gasteiger partial charge in [-0.1, -0.05) is 12.1 Å². The van der Waals surface area contributed by atoms with Crippen LogP contribution >= 0.6 is 0 Å². The van der Waals surface area contributed by atoms with Crippen LogP contribution in [0.4, 0.5) is 4.39 Å². The zero-order valence-corrected chi connectivity index (χ0v) is 23.1. The van der Waals surface area contributed by atoms with Crippen LogP contribution < -0.4 is 20.9 Å². The molecule has 0 saturated carbocycles. The van der Waals surface area contributed by atoms with E-state index >= 15 is 0 Å². The van der Waals surface area contributed by atoms with Gasteiger partial charge in [-0.15, -0.1) is 10.2 Å². The summed E-state index contributed by atoms with van der Waals surface area (Å²) < 4.78 is 51.5. The van der Waals surface area contributed by atoms with Crippen molar-refractivity contribution in [2.24, 2.45) is 7.05 Å². The van der Waals surface area contributed by atoms with E-state index in [9.17, 15) is 23.6 Å². The maximum Gasteiger partial charge on any atom is 0.313 e. The lowest BCUT2D eigenvalue weighted by Crippen LogP contribution is -2.46. The quantitative estimate of drug-likeness (QED) is 0.220. The van der Waals surface area contributed by atoms with Crippen LogP contribution in [0, 0.1) is 12.7 Å². The highest BCUT2D eigenvalue weighted by Crippen LogP contribution is 2.22. The largest absolute Gasteiger partial charge is 0.418 e. The maximum atomic E-state index is 13.5. The number of esters is 1. The fourth-order valence-corrected chi connectivity index (χ4v) is 3.45. The second kappa shape index (κ2) is 13.7. The van der Waals surface area contributed by atoms with Gasteiger partial charge in [0.2, 0.25) is 11.6 Å². The smallest absolute Gasteiger partial charge is 0.313 e. The third-order valence-corrected chi connectivity index (χ3v) is 5.43. The SMILES string of the molecule is [2H]C([2H])(NC(=O)c1nc(C(C)(C)NC(=O)c2nnc(C)o2)n(C)c(=O)c1OC(=O)CCOCCOC)c1ccc(F)cc1. The van der Waals surface area contributed by atoms with Crippen molar-refractivity contribution in [2.45, 2.75) is 39.2 Å². The lowest BCUT2D eigenvalue weighted by Gasteiger charge is -2.27. The second-order valence-electron chi connectivity index (χ2n) is 9.10. The highest BCUT2D eigenvalue weighted by molar-refractivity contribution is 5.95. The van der Waals surface area contributed by atoms with E-state index in [0.29, 0.717) is 6.61 Å². The molecule has 2 aromatic heterocycles. The third kappa shape index (κ3) is 8.25. The fraction of sp³-hybridized carbons (Fsp3) is 0.423. The number of hydrogen-bond donors (Lipinski definition) is 2. The number of nitrogens with one attached hydrogen (secondary N) is 2. The van der Waals surface area contributed by atoms with E-state index in [2.05, 4.69) is 25.8 Å². The van der Waals surface area contributed by atoms with Crippen molar-refractivity contribution in [3.8, 4) is 5.75 Å². The number of carbonyl (C=O) groups is 3. The van der Waals surface area contributed by atoms with Gasteiger partial charge in [0.05, 0.1) is 34.5 Å². The first-order valence-electron chi connectivity index (χ1n) is 13.3. The molecule has 15 heteroatoms. The van der Waals surface area contributed by atoms with Crippen LogP contribution in [0.1, 0.15) is 61.5 Å². The van der Waals surface area contributed by atoms with Gasteiger partial charge in [-0.05, 0) is 31.5 Å². The Hall–Kier alpha value is -4.50. The number of rotatable bonds is 13. The minimum atomic E-state index is -2.57. The maximum absolute atomic E-state index is 13.5. The van der Waals surface area contributed by atoms with Crippen molar-refractivity contribution in [3.05, 3.63) is 69.3 Å². The van der Waals surface area contributed by atoms with E-state index in [0.717, 1.165) is 28.8 Å². The zero-order valence-electron chi connectivity index (χ0n) is 25.1. The van der Waals surface area contributed by atoms with Gasteiger partial charge in [0, 0.05) is 27.6 Å². The Morgan fingerprint density at radius 2 is 1.83 bits per heavy atom. The topological polar surface area (TPSA) is 177 Å². The summed E-state index contributed by atoms with van der Waals surface area (Å²) >= 11 is 0. The van der Waals surface area contributed by atoms with Crippen LogP contribution in [0.2, 0.25) is 0 Å². The fourth-order valence-electron chi connectivity index (χ4n) is 3.45. The Bertz CT molecular complexity index is 1540. The number of aryl methyl sites for hydroxylation is 1. The molecular formula is C26H31FN6O8. The van der Waals surface area contributed by atoms with E-state index in [4.69, 9.17) is 21.4 Å². The molecule has 220 valence electrons. The number of nitrogens with zero attached hydrogens (tertiary/aromatic N) is 4. The highest BCUT2D eigenvalue weighted by atomic mass is 19.1. The molecular weight excluding hydrogens is 543 g/mol. The van der Waals surface area contributed by atoms with Crippen molar-refractivity contribution in [3.63, 3.8) is 0 Å². The van der Waals surface area contributed by atoms with Crippen LogP contribution in [0.3, 0.4) is 0 Å². The summed E-state index contributed by atoms with van der Waals surface area (Å²) in [5.41, 5.74) is -3.30. The Labute approximate surface area is 237 Å². The molecule has 14 nitrogen and oxygen atoms in total. The molecule has 0 aliphatic rings. The van der Waals surface area contributed by atoms with Gasteiger partial charge in [0.1, 0.15) is 11.6 Å². The van der Waals surface area contributed by atoms with Crippen LogP contribution in [-0.4, -0.2) is 64.5 Å². The summed E-state index contributed by atoms with van der Waals surface area (Å²) in [6.45, 7) is 2.29. The van der Waals surface area contributed by atoms with E-state index < -0.39 is 52.6 Å². The molecule has 2 heterocycles. The number of methoxy groups -OCH3 is 1. The second-order valence-corrected chi connectivity index (χ2v) is 9.10. The average molecular weight is 577 g/mol. The number of carbonyl (C=O) groups excluding carboxylic acids is 3. The van der Waals surface area contributed by atoms with Crippen molar-refractivity contribution in [1.82, 2.24) is 30.4 Å². The van der Waals surface area contributed by atoms with Gasteiger partial charge in [0.25, 0.3) is 11.5 Å². The molecule has 3 rings (SSSR count). The summed E-state index contributed by atoms with van der Waals surface area (Å²) in [6, 6.07) is 4.26. The monoisotopic (exact) mass is 576 g/mol. The number of hydrogen-bond acceptors (Lipinski definition) is 11. The van der Waals surface area contributed by atoms with Crippen molar-refractivity contribution >= 4 is 17.8 Å². The standard InChI is InChI=1S/C26H31FN6O8/c1-15-31-32-23(40-15)22(36)30-26(2,3)25-29-19(21(35)28-14-16-6-8-17(27)9-7-16)20(24(37)33(25)4)41-18(34)10-11-39-13-12-38-5/h6-9H,10-14H2,1-5H3,(H,28,35)(H,30,36)/i14D2. The minimum Gasteiger partial charge on any atom is -0.418 e. The predicted octanol–water partition coefficient (Wildman–Crippen LogP) is 1.16. The van der Waals surface area contributed by atoms with Crippen LogP contribution in [0.5, 0.6) is 5.75 Å². The van der Waals surface area contributed by atoms with E-state index in [1.807, 2.05) is 0 Å². The summed E-state index contributed by atoms with van der Waals surface area (Å²) in [4.78, 5) is 56.5. The Morgan fingerprint density at radius 3 is 2.46 bits per heavy atom. The molecule has 41 heavy (non-hydrogen) atoms. The molecule has 0 fully saturated rings.